The maximum absolute atomic E-state index is 12.3. The number of nitrogens with zero attached hydrogens (tertiary/aromatic N) is 1. The van der Waals surface area contributed by atoms with Crippen molar-refractivity contribution in [2.24, 2.45) is 17.3 Å². The van der Waals surface area contributed by atoms with E-state index in [2.05, 4.69) is 5.32 Å². The molecule has 0 aromatic rings. The Labute approximate surface area is 104 Å². The molecule has 96 valence electrons. The fraction of sp³-hybridized carbons (Fsp3) is 0.929. The second-order valence-electron chi connectivity index (χ2n) is 6.36. The van der Waals surface area contributed by atoms with Crippen LogP contribution in [0.5, 0.6) is 0 Å². The first-order valence-electron chi connectivity index (χ1n) is 7.17. The number of carbonyl (C=O) groups excluding carboxylic acids is 1. The minimum absolute atomic E-state index is 0.355. The van der Waals surface area contributed by atoms with Crippen molar-refractivity contribution in [3.8, 4) is 0 Å². The first-order valence-corrected chi connectivity index (χ1v) is 7.17. The lowest BCUT2D eigenvalue weighted by Gasteiger charge is -2.25. The van der Waals surface area contributed by atoms with Gasteiger partial charge < -0.3 is 10.2 Å². The Morgan fingerprint density at radius 2 is 2.06 bits per heavy atom. The highest BCUT2D eigenvalue weighted by Crippen LogP contribution is 2.59. The number of nitrogens with one attached hydrogen (secondary N) is 1. The van der Waals surface area contributed by atoms with E-state index in [1.54, 1.807) is 0 Å². The van der Waals surface area contributed by atoms with Gasteiger partial charge in [0.2, 0.25) is 5.91 Å². The molecule has 3 rings (SSSR count). The van der Waals surface area contributed by atoms with Crippen LogP contribution in [0.15, 0.2) is 0 Å². The standard InChI is InChI=1S/C14H24N2O/c1-16(9-4-11-2-3-11)13(17)12-10-14(12)5-7-15-8-6-14/h11-12,15H,2-10H2,1H3. The molecule has 1 atom stereocenters. The van der Waals surface area contributed by atoms with Crippen molar-refractivity contribution < 1.29 is 4.79 Å². The van der Waals surface area contributed by atoms with E-state index in [1.165, 1.54) is 32.1 Å². The lowest BCUT2D eigenvalue weighted by molar-refractivity contribution is -0.132. The number of amides is 1. The fourth-order valence-electron chi connectivity index (χ4n) is 3.33. The highest BCUT2D eigenvalue weighted by Gasteiger charge is 2.58. The minimum Gasteiger partial charge on any atom is -0.345 e. The summed E-state index contributed by atoms with van der Waals surface area (Å²) in [6, 6.07) is 0. The van der Waals surface area contributed by atoms with E-state index in [-0.39, 0.29) is 0 Å². The Morgan fingerprint density at radius 1 is 1.35 bits per heavy atom. The van der Waals surface area contributed by atoms with Gasteiger partial charge in [0.05, 0.1) is 0 Å². The van der Waals surface area contributed by atoms with Gasteiger partial charge in [-0.2, -0.15) is 0 Å². The van der Waals surface area contributed by atoms with E-state index in [4.69, 9.17) is 0 Å². The molecule has 1 heterocycles. The molecule has 2 aliphatic carbocycles. The molecule has 17 heavy (non-hydrogen) atoms. The van der Waals surface area contributed by atoms with Gasteiger partial charge in [-0.25, -0.2) is 0 Å². The van der Waals surface area contributed by atoms with Gasteiger partial charge in [0.25, 0.3) is 0 Å². The molecule has 0 aromatic carbocycles. The number of hydrogen-bond donors (Lipinski definition) is 1. The lowest BCUT2D eigenvalue weighted by atomic mass is 9.91. The van der Waals surface area contributed by atoms with Gasteiger partial charge in [0.15, 0.2) is 0 Å². The predicted octanol–water partition coefficient (Wildman–Crippen LogP) is 1.63. The van der Waals surface area contributed by atoms with Gasteiger partial charge in [-0.05, 0) is 50.1 Å². The molecule has 1 saturated heterocycles. The zero-order chi connectivity index (χ0) is 11.9. The van der Waals surface area contributed by atoms with Crippen LogP contribution in [-0.4, -0.2) is 37.5 Å². The van der Waals surface area contributed by atoms with Gasteiger partial charge in [0, 0.05) is 19.5 Å². The Bertz CT molecular complexity index is 305. The van der Waals surface area contributed by atoms with Crippen LogP contribution in [0.25, 0.3) is 0 Å². The fourth-order valence-corrected chi connectivity index (χ4v) is 3.33. The summed E-state index contributed by atoms with van der Waals surface area (Å²) >= 11 is 0. The monoisotopic (exact) mass is 236 g/mol. The van der Waals surface area contributed by atoms with Crippen molar-refractivity contribution in [2.45, 2.75) is 38.5 Å². The Morgan fingerprint density at radius 3 is 2.71 bits per heavy atom. The van der Waals surface area contributed by atoms with E-state index < -0.39 is 0 Å². The summed E-state index contributed by atoms with van der Waals surface area (Å²) in [5, 5.41) is 3.39. The van der Waals surface area contributed by atoms with E-state index in [0.29, 0.717) is 17.2 Å². The Balaban J connectivity index is 1.48. The zero-order valence-electron chi connectivity index (χ0n) is 10.9. The van der Waals surface area contributed by atoms with Crippen LogP contribution in [0.3, 0.4) is 0 Å². The van der Waals surface area contributed by atoms with Crippen LogP contribution < -0.4 is 5.32 Å². The van der Waals surface area contributed by atoms with Crippen LogP contribution >= 0.6 is 0 Å². The summed E-state index contributed by atoms with van der Waals surface area (Å²) in [6.45, 7) is 3.19. The molecule has 0 bridgehead atoms. The third-order valence-corrected chi connectivity index (χ3v) is 5.03. The molecule has 3 fully saturated rings. The van der Waals surface area contributed by atoms with Crippen molar-refractivity contribution >= 4 is 5.91 Å². The molecule has 1 N–H and O–H groups in total. The van der Waals surface area contributed by atoms with E-state index in [0.717, 1.165) is 32.0 Å². The SMILES string of the molecule is CN(CCC1CC1)C(=O)C1CC12CCNCC2. The topological polar surface area (TPSA) is 32.3 Å². The Kier molecular flexibility index (Phi) is 2.89. The van der Waals surface area contributed by atoms with Crippen LogP contribution in [0.1, 0.15) is 38.5 Å². The van der Waals surface area contributed by atoms with Gasteiger partial charge in [-0.1, -0.05) is 12.8 Å². The third kappa shape index (κ3) is 2.35. The summed E-state index contributed by atoms with van der Waals surface area (Å²) in [5.41, 5.74) is 0.399. The number of carbonyl (C=O) groups is 1. The van der Waals surface area contributed by atoms with E-state index in [9.17, 15) is 4.79 Å². The Hall–Kier alpha value is -0.570. The average Bonchev–Trinajstić information content (AvgIpc) is 3.24. The number of hydrogen-bond acceptors (Lipinski definition) is 2. The van der Waals surface area contributed by atoms with Crippen molar-refractivity contribution in [2.75, 3.05) is 26.7 Å². The summed E-state index contributed by atoms with van der Waals surface area (Å²) < 4.78 is 0. The molecule has 1 aliphatic heterocycles. The molecule has 1 amide bonds. The first-order chi connectivity index (χ1) is 8.21. The summed E-state index contributed by atoms with van der Waals surface area (Å²) in [5.74, 6) is 1.71. The highest BCUT2D eigenvalue weighted by atomic mass is 16.2. The average molecular weight is 236 g/mol. The van der Waals surface area contributed by atoms with Crippen molar-refractivity contribution in [1.82, 2.24) is 10.2 Å². The normalized spacial score (nSPS) is 30.3. The number of piperidine rings is 1. The lowest BCUT2D eigenvalue weighted by Crippen LogP contribution is -2.35. The smallest absolute Gasteiger partial charge is 0.226 e. The number of rotatable bonds is 4. The first kappa shape index (κ1) is 11.5. The van der Waals surface area contributed by atoms with E-state index >= 15 is 0 Å². The van der Waals surface area contributed by atoms with Gasteiger partial charge >= 0.3 is 0 Å². The maximum atomic E-state index is 12.3. The maximum Gasteiger partial charge on any atom is 0.226 e. The predicted molar refractivity (Wildman–Crippen MR) is 67.6 cm³/mol. The van der Waals surface area contributed by atoms with Crippen LogP contribution in [0, 0.1) is 17.3 Å². The molecule has 1 spiro atoms. The minimum atomic E-state index is 0.355. The molecule has 0 aromatic heterocycles. The third-order valence-electron chi connectivity index (χ3n) is 5.03. The van der Waals surface area contributed by atoms with Crippen molar-refractivity contribution in [1.29, 1.82) is 0 Å². The second kappa shape index (κ2) is 4.27. The van der Waals surface area contributed by atoms with Crippen LogP contribution in [0.4, 0.5) is 0 Å². The van der Waals surface area contributed by atoms with Gasteiger partial charge in [0.1, 0.15) is 0 Å². The van der Waals surface area contributed by atoms with Gasteiger partial charge in [-0.3, -0.25) is 4.79 Å². The summed E-state index contributed by atoms with van der Waals surface area (Å²) in [6.07, 6.45) is 7.58. The zero-order valence-corrected chi connectivity index (χ0v) is 10.9. The summed E-state index contributed by atoms with van der Waals surface area (Å²) in [7, 11) is 2.00. The van der Waals surface area contributed by atoms with Crippen LogP contribution in [0.2, 0.25) is 0 Å². The molecular weight excluding hydrogens is 212 g/mol. The molecule has 1 unspecified atom stereocenters. The molecule has 0 radical (unpaired) electrons. The molecule has 2 saturated carbocycles. The summed E-state index contributed by atoms with van der Waals surface area (Å²) in [4.78, 5) is 14.3. The molecule has 3 heteroatoms. The quantitative estimate of drug-likeness (QED) is 0.804. The molecule has 3 nitrogen and oxygen atoms in total. The van der Waals surface area contributed by atoms with Crippen LogP contribution in [-0.2, 0) is 4.79 Å². The molecular formula is C14H24N2O. The largest absolute Gasteiger partial charge is 0.345 e. The molecule has 3 aliphatic rings. The van der Waals surface area contributed by atoms with Crippen molar-refractivity contribution in [3.05, 3.63) is 0 Å². The van der Waals surface area contributed by atoms with Crippen molar-refractivity contribution in [3.63, 3.8) is 0 Å². The second-order valence-corrected chi connectivity index (χ2v) is 6.36. The van der Waals surface area contributed by atoms with Gasteiger partial charge in [-0.15, -0.1) is 0 Å². The van der Waals surface area contributed by atoms with E-state index in [1.807, 2.05) is 11.9 Å². The highest BCUT2D eigenvalue weighted by molar-refractivity contribution is 5.82.